The molecule has 0 saturated heterocycles. The summed E-state index contributed by atoms with van der Waals surface area (Å²) in [6.07, 6.45) is 0. The van der Waals surface area contributed by atoms with Crippen LogP contribution in [0.3, 0.4) is 0 Å². The van der Waals surface area contributed by atoms with Gasteiger partial charge in [0.1, 0.15) is 0 Å². The summed E-state index contributed by atoms with van der Waals surface area (Å²) < 4.78 is 10.0. The summed E-state index contributed by atoms with van der Waals surface area (Å²) in [6, 6.07) is 4.07. The van der Waals surface area contributed by atoms with E-state index >= 15 is 0 Å². The maximum atomic E-state index is 8.88. The number of hydrogen-bond donors (Lipinski definition) is 4. The summed E-state index contributed by atoms with van der Waals surface area (Å²) in [7, 11) is -2.84. The van der Waals surface area contributed by atoms with Crippen LogP contribution in [0.15, 0.2) is 21.0 Å². The smallest absolute Gasteiger partial charge is 0.313 e. The molecule has 1 aromatic rings. The lowest BCUT2D eigenvalue weighted by Gasteiger charge is -1.93. The van der Waals surface area contributed by atoms with Crippen molar-refractivity contribution in [2.75, 3.05) is 7.05 Å². The number of halogens is 1. The predicted octanol–water partition coefficient (Wildman–Crippen LogP) is 1.53. The Morgan fingerprint density at radius 2 is 2.00 bits per heavy atom. The van der Waals surface area contributed by atoms with Gasteiger partial charge in [0.15, 0.2) is 0 Å². The van der Waals surface area contributed by atoms with Gasteiger partial charge in [-0.15, -0.1) is 11.3 Å². The lowest BCUT2D eigenvalue weighted by molar-refractivity contribution is 0.275. The number of hydrogen-bond acceptors (Lipinski definition) is 4. The lowest BCUT2D eigenvalue weighted by Crippen LogP contribution is -2.00. The Labute approximate surface area is 105 Å². The zero-order valence-corrected chi connectivity index (χ0v) is 11.9. The van der Waals surface area contributed by atoms with Gasteiger partial charge >= 0.3 is 7.82 Å². The molecule has 0 bridgehead atoms. The van der Waals surface area contributed by atoms with Gasteiger partial charge in [-0.05, 0) is 35.0 Å². The molecule has 0 radical (unpaired) electrons. The molecule has 1 aromatic heterocycles. The van der Waals surface area contributed by atoms with E-state index in [-0.39, 0.29) is 0 Å². The van der Waals surface area contributed by atoms with Gasteiger partial charge in [0, 0.05) is 7.05 Å². The average molecular weight is 331 g/mol. The van der Waals surface area contributed by atoms with E-state index in [4.69, 9.17) is 19.2 Å². The van der Waals surface area contributed by atoms with E-state index in [9.17, 15) is 0 Å². The normalized spacial score (nSPS) is 11.8. The SMILES string of the molecule is CN/N=C(\C)c1ccc(Br)s1.O=P(O)(O)O. The Morgan fingerprint density at radius 1 is 1.50 bits per heavy atom. The van der Waals surface area contributed by atoms with Crippen LogP contribution < -0.4 is 5.43 Å². The maximum absolute atomic E-state index is 8.88. The molecule has 0 fully saturated rings. The zero-order valence-electron chi connectivity index (χ0n) is 8.59. The number of phosphoric acid groups is 1. The summed E-state index contributed by atoms with van der Waals surface area (Å²) in [4.78, 5) is 22.7. The highest BCUT2D eigenvalue weighted by atomic mass is 79.9. The summed E-state index contributed by atoms with van der Waals surface area (Å²) in [6.45, 7) is 1.98. The Balaban J connectivity index is 0.000000385. The third kappa shape index (κ3) is 9.02. The fourth-order valence-corrected chi connectivity index (χ4v) is 2.06. The third-order valence-electron chi connectivity index (χ3n) is 1.21. The fraction of sp³-hybridized carbons (Fsp3) is 0.286. The first-order valence-electron chi connectivity index (χ1n) is 3.99. The first-order valence-corrected chi connectivity index (χ1v) is 7.16. The minimum absolute atomic E-state index is 1.02. The van der Waals surface area contributed by atoms with Crippen LogP contribution in [0, 0.1) is 0 Å². The third-order valence-corrected chi connectivity index (χ3v) is 2.94. The van der Waals surface area contributed by atoms with Crippen LogP contribution in [-0.2, 0) is 4.57 Å². The Kier molecular flexibility index (Phi) is 7.05. The van der Waals surface area contributed by atoms with Gasteiger partial charge in [-0.1, -0.05) is 0 Å². The van der Waals surface area contributed by atoms with Gasteiger partial charge in [0.2, 0.25) is 0 Å². The molecule has 1 heterocycles. The van der Waals surface area contributed by atoms with Crippen molar-refractivity contribution in [1.82, 2.24) is 5.43 Å². The molecule has 0 aliphatic heterocycles. The van der Waals surface area contributed by atoms with Crippen molar-refractivity contribution in [2.24, 2.45) is 5.10 Å². The first kappa shape index (κ1) is 15.8. The quantitative estimate of drug-likeness (QED) is 0.374. The van der Waals surface area contributed by atoms with E-state index in [2.05, 4.69) is 26.5 Å². The monoisotopic (exact) mass is 330 g/mol. The van der Waals surface area contributed by atoms with Gasteiger partial charge in [-0.25, -0.2) is 4.57 Å². The van der Waals surface area contributed by atoms with Gasteiger partial charge in [-0.2, -0.15) is 5.10 Å². The topological polar surface area (TPSA) is 102 Å². The molecule has 92 valence electrons. The molecule has 0 amide bonds. The fourth-order valence-electron chi connectivity index (χ4n) is 0.732. The van der Waals surface area contributed by atoms with Crippen LogP contribution in [0.5, 0.6) is 0 Å². The van der Waals surface area contributed by atoms with E-state index in [0.29, 0.717) is 0 Å². The number of nitrogens with zero attached hydrogens (tertiary/aromatic N) is 1. The van der Waals surface area contributed by atoms with Crippen LogP contribution in [0.25, 0.3) is 0 Å². The predicted molar refractivity (Wildman–Crippen MR) is 67.6 cm³/mol. The standard InChI is InChI=1S/C7H9BrN2S.H3O4P/c1-5(10-9-2)6-3-4-7(8)11-6;1-5(2,3)4/h3-4,9H,1-2H3;(H3,1,2,3,4)/b10-5+;. The van der Waals surface area contributed by atoms with Gasteiger partial charge in [0.25, 0.3) is 0 Å². The molecule has 0 aliphatic rings. The van der Waals surface area contributed by atoms with Gasteiger partial charge in [-0.3, -0.25) is 0 Å². The van der Waals surface area contributed by atoms with Crippen molar-refractivity contribution >= 4 is 40.8 Å². The minimum atomic E-state index is -4.64. The van der Waals surface area contributed by atoms with Gasteiger partial charge < -0.3 is 20.1 Å². The van der Waals surface area contributed by atoms with Crippen LogP contribution in [0.4, 0.5) is 0 Å². The second-order valence-corrected chi connectivity index (χ2v) is 6.03. The van der Waals surface area contributed by atoms with Crippen LogP contribution in [0.1, 0.15) is 11.8 Å². The first-order chi connectivity index (χ1) is 7.24. The van der Waals surface area contributed by atoms with Crippen molar-refractivity contribution in [3.8, 4) is 0 Å². The molecule has 9 heteroatoms. The van der Waals surface area contributed by atoms with Crippen LogP contribution >= 0.6 is 35.1 Å². The number of rotatable bonds is 2. The highest BCUT2D eigenvalue weighted by Crippen LogP contribution is 2.25. The van der Waals surface area contributed by atoms with E-state index in [0.717, 1.165) is 9.50 Å². The Bertz CT molecular complexity index is 395. The molecule has 0 spiro atoms. The molecule has 0 aliphatic carbocycles. The highest BCUT2D eigenvalue weighted by Gasteiger charge is 2.00. The zero-order chi connectivity index (χ0) is 12.8. The number of hydrazone groups is 1. The number of thiophene rings is 1. The molecule has 1 rings (SSSR count). The highest BCUT2D eigenvalue weighted by molar-refractivity contribution is 9.11. The second kappa shape index (κ2) is 7.16. The lowest BCUT2D eigenvalue weighted by atomic mass is 10.3. The molecule has 0 unspecified atom stereocenters. The van der Waals surface area contributed by atoms with Crippen molar-refractivity contribution in [2.45, 2.75) is 6.92 Å². The van der Waals surface area contributed by atoms with E-state index < -0.39 is 7.82 Å². The summed E-state index contributed by atoms with van der Waals surface area (Å²) in [5, 5.41) is 4.06. The van der Waals surface area contributed by atoms with E-state index in [1.54, 1.807) is 18.4 Å². The van der Waals surface area contributed by atoms with E-state index in [1.165, 1.54) is 4.88 Å². The van der Waals surface area contributed by atoms with Crippen molar-refractivity contribution < 1.29 is 19.2 Å². The molecular formula is C7H12BrN2O4PS. The van der Waals surface area contributed by atoms with Crippen LogP contribution in [0.2, 0.25) is 0 Å². The van der Waals surface area contributed by atoms with Crippen LogP contribution in [-0.4, -0.2) is 27.4 Å². The molecule has 6 nitrogen and oxygen atoms in total. The summed E-state index contributed by atoms with van der Waals surface area (Å²) in [5.74, 6) is 0. The molecule has 0 saturated carbocycles. The molecule has 0 aromatic carbocycles. The Morgan fingerprint density at radius 3 is 2.31 bits per heavy atom. The summed E-state index contributed by atoms with van der Waals surface area (Å²) in [5.41, 5.74) is 3.77. The molecule has 4 N–H and O–H groups in total. The number of nitrogens with one attached hydrogen (secondary N) is 1. The molecule has 16 heavy (non-hydrogen) atoms. The summed E-state index contributed by atoms with van der Waals surface area (Å²) >= 11 is 5.08. The average Bonchev–Trinajstić information content (AvgIpc) is 2.49. The van der Waals surface area contributed by atoms with Crippen molar-refractivity contribution in [3.05, 3.63) is 20.8 Å². The minimum Gasteiger partial charge on any atom is -0.313 e. The van der Waals surface area contributed by atoms with E-state index in [1.807, 2.05) is 19.1 Å². The maximum Gasteiger partial charge on any atom is 0.466 e. The molecule has 0 atom stereocenters. The largest absolute Gasteiger partial charge is 0.466 e. The molecular weight excluding hydrogens is 319 g/mol. The van der Waals surface area contributed by atoms with Crippen molar-refractivity contribution in [3.63, 3.8) is 0 Å². The second-order valence-electron chi connectivity index (χ2n) is 2.54. The Hall–Kier alpha value is -0.240. The van der Waals surface area contributed by atoms with Crippen molar-refractivity contribution in [1.29, 1.82) is 0 Å². The van der Waals surface area contributed by atoms with Gasteiger partial charge in [0.05, 0.1) is 14.4 Å².